The van der Waals surface area contributed by atoms with Crippen molar-refractivity contribution in [3.05, 3.63) is 12.3 Å². The van der Waals surface area contributed by atoms with Crippen molar-refractivity contribution in [2.75, 3.05) is 39.6 Å². The van der Waals surface area contributed by atoms with Gasteiger partial charge in [0.15, 0.2) is 12.6 Å². The summed E-state index contributed by atoms with van der Waals surface area (Å²) < 4.78 is 34.5. The fourth-order valence-corrected chi connectivity index (χ4v) is 2.35. The summed E-state index contributed by atoms with van der Waals surface area (Å²) in [4.78, 5) is 0. The van der Waals surface area contributed by atoms with Crippen molar-refractivity contribution in [2.45, 2.75) is 60.2 Å². The highest BCUT2D eigenvalue weighted by Crippen LogP contribution is 2.26. The summed E-state index contributed by atoms with van der Waals surface area (Å²) in [7, 11) is 0. The van der Waals surface area contributed by atoms with Gasteiger partial charge in [-0.15, -0.1) is 0 Å². The molecule has 0 aliphatic carbocycles. The minimum atomic E-state index is -0.495. The van der Waals surface area contributed by atoms with E-state index in [1.807, 2.05) is 47.6 Å². The van der Waals surface area contributed by atoms with Gasteiger partial charge in [-0.05, 0) is 47.6 Å². The van der Waals surface area contributed by atoms with Crippen molar-refractivity contribution in [1.82, 2.24) is 0 Å². The fraction of sp³-hybridized carbons (Fsp3) is 0.889. The smallest absolute Gasteiger partial charge is 0.168 e. The largest absolute Gasteiger partial charge is 0.502 e. The van der Waals surface area contributed by atoms with E-state index in [0.717, 1.165) is 0 Å². The number of hydrogen-bond acceptors (Lipinski definition) is 6. The molecule has 144 valence electrons. The van der Waals surface area contributed by atoms with Gasteiger partial charge in [0.25, 0.3) is 0 Å². The van der Waals surface area contributed by atoms with Gasteiger partial charge in [-0.1, -0.05) is 0 Å². The molecule has 0 saturated carbocycles. The molecule has 0 heterocycles. The van der Waals surface area contributed by atoms with Gasteiger partial charge in [0.1, 0.15) is 0 Å². The summed E-state index contributed by atoms with van der Waals surface area (Å²) in [6.07, 6.45) is 2.22. The fourth-order valence-electron chi connectivity index (χ4n) is 2.35. The van der Waals surface area contributed by atoms with Crippen LogP contribution in [0.15, 0.2) is 12.3 Å². The Hall–Kier alpha value is -0.660. The Labute approximate surface area is 147 Å². The van der Waals surface area contributed by atoms with E-state index in [9.17, 15) is 0 Å². The summed E-state index contributed by atoms with van der Waals surface area (Å²) in [5.74, 6) is -0.276. The summed E-state index contributed by atoms with van der Waals surface area (Å²) in [6.45, 7) is 14.9. The lowest BCUT2D eigenvalue weighted by Crippen LogP contribution is -2.46. The van der Waals surface area contributed by atoms with E-state index in [2.05, 4.69) is 0 Å². The Bertz CT molecular complexity index is 269. The molecule has 0 bridgehead atoms. The van der Waals surface area contributed by atoms with E-state index in [1.54, 1.807) is 6.26 Å². The van der Waals surface area contributed by atoms with E-state index in [-0.39, 0.29) is 12.0 Å². The van der Waals surface area contributed by atoms with Crippen LogP contribution in [-0.2, 0) is 28.4 Å². The highest BCUT2D eigenvalue weighted by Gasteiger charge is 2.38. The Morgan fingerprint density at radius 3 is 1.33 bits per heavy atom. The Morgan fingerprint density at radius 1 is 0.583 bits per heavy atom. The van der Waals surface area contributed by atoms with Crippen LogP contribution < -0.4 is 0 Å². The van der Waals surface area contributed by atoms with Crippen molar-refractivity contribution >= 4 is 0 Å². The maximum absolute atomic E-state index is 5.91. The molecule has 0 radical (unpaired) electrons. The van der Waals surface area contributed by atoms with Crippen LogP contribution in [0.1, 0.15) is 41.5 Å². The molecule has 0 rings (SSSR count). The van der Waals surface area contributed by atoms with Crippen molar-refractivity contribution in [3.8, 4) is 0 Å². The topological polar surface area (TPSA) is 55.4 Å². The normalized spacial score (nSPS) is 13.5. The molecule has 0 aliphatic rings. The van der Waals surface area contributed by atoms with E-state index in [1.165, 1.54) is 0 Å². The standard InChI is InChI=1S/C18H36O6/c1-7-19-14-13-15(20-8-2)16(17(21-9-3)22-10-4)18(23-11-5)24-12-6/h13-18H,7-12H2,1-6H3/b14-13+/t15-/m1/s1. The van der Waals surface area contributed by atoms with Gasteiger partial charge in [-0.25, -0.2) is 0 Å². The second kappa shape index (κ2) is 15.8. The zero-order valence-electron chi connectivity index (χ0n) is 16.2. The summed E-state index contributed by atoms with van der Waals surface area (Å²) in [6, 6.07) is 0. The highest BCUT2D eigenvalue weighted by molar-refractivity contribution is 4.92. The quantitative estimate of drug-likeness (QED) is 0.315. The first-order valence-corrected chi connectivity index (χ1v) is 9.06. The monoisotopic (exact) mass is 348 g/mol. The van der Waals surface area contributed by atoms with Gasteiger partial charge >= 0.3 is 0 Å². The maximum Gasteiger partial charge on any atom is 0.168 e. The summed E-state index contributed by atoms with van der Waals surface area (Å²) in [5.41, 5.74) is 0. The lowest BCUT2D eigenvalue weighted by Gasteiger charge is -2.36. The summed E-state index contributed by atoms with van der Waals surface area (Å²) >= 11 is 0. The van der Waals surface area contributed by atoms with Crippen LogP contribution in [-0.4, -0.2) is 58.3 Å². The van der Waals surface area contributed by atoms with Crippen molar-refractivity contribution < 1.29 is 28.4 Å². The predicted octanol–water partition coefficient (Wildman–Crippen LogP) is 3.36. The van der Waals surface area contributed by atoms with Gasteiger partial charge in [-0.2, -0.15) is 0 Å². The lowest BCUT2D eigenvalue weighted by atomic mass is 10.00. The maximum atomic E-state index is 5.91. The molecular weight excluding hydrogens is 312 g/mol. The Kier molecular flexibility index (Phi) is 15.4. The third kappa shape index (κ3) is 8.99. The van der Waals surface area contributed by atoms with Crippen LogP contribution >= 0.6 is 0 Å². The van der Waals surface area contributed by atoms with Crippen LogP contribution in [0.4, 0.5) is 0 Å². The second-order valence-corrected chi connectivity index (χ2v) is 4.84. The van der Waals surface area contributed by atoms with E-state index in [4.69, 9.17) is 28.4 Å². The Balaban J connectivity index is 5.53. The van der Waals surface area contributed by atoms with Gasteiger partial charge < -0.3 is 28.4 Å². The molecule has 24 heavy (non-hydrogen) atoms. The number of rotatable bonds is 16. The molecule has 0 aromatic heterocycles. The number of ether oxygens (including phenoxy) is 6. The van der Waals surface area contributed by atoms with Crippen LogP contribution in [0.3, 0.4) is 0 Å². The molecular formula is C18H36O6. The third-order valence-electron chi connectivity index (χ3n) is 3.22. The zero-order valence-corrected chi connectivity index (χ0v) is 16.2. The molecule has 0 spiro atoms. The average Bonchev–Trinajstić information content (AvgIpc) is 2.56. The predicted molar refractivity (Wildman–Crippen MR) is 93.8 cm³/mol. The van der Waals surface area contributed by atoms with Gasteiger partial charge in [0.2, 0.25) is 0 Å². The molecule has 0 aromatic carbocycles. The first-order chi connectivity index (χ1) is 11.7. The minimum absolute atomic E-state index is 0.276. The average molecular weight is 348 g/mol. The van der Waals surface area contributed by atoms with Crippen LogP contribution in [0.5, 0.6) is 0 Å². The van der Waals surface area contributed by atoms with Crippen LogP contribution in [0, 0.1) is 5.92 Å². The van der Waals surface area contributed by atoms with E-state index < -0.39 is 12.6 Å². The van der Waals surface area contributed by atoms with E-state index in [0.29, 0.717) is 39.6 Å². The van der Waals surface area contributed by atoms with Gasteiger partial charge in [0, 0.05) is 33.0 Å². The van der Waals surface area contributed by atoms with Crippen LogP contribution in [0.25, 0.3) is 0 Å². The number of hydrogen-bond donors (Lipinski definition) is 0. The molecule has 0 aliphatic heterocycles. The highest BCUT2D eigenvalue weighted by atomic mass is 16.7. The molecule has 0 fully saturated rings. The SMILES string of the molecule is CCO/C=C/[C@@H](OCC)C(C(OCC)OCC)C(OCC)OCC. The zero-order chi connectivity index (χ0) is 18.2. The molecule has 0 aromatic rings. The molecule has 0 unspecified atom stereocenters. The summed E-state index contributed by atoms with van der Waals surface area (Å²) in [5, 5.41) is 0. The molecule has 0 amide bonds. The minimum Gasteiger partial charge on any atom is -0.502 e. The van der Waals surface area contributed by atoms with Crippen LogP contribution in [0.2, 0.25) is 0 Å². The third-order valence-corrected chi connectivity index (χ3v) is 3.22. The molecule has 1 atom stereocenters. The van der Waals surface area contributed by atoms with Gasteiger partial charge in [0.05, 0.1) is 24.9 Å². The first-order valence-electron chi connectivity index (χ1n) is 9.06. The van der Waals surface area contributed by atoms with E-state index >= 15 is 0 Å². The van der Waals surface area contributed by atoms with Gasteiger partial charge in [-0.3, -0.25) is 0 Å². The Morgan fingerprint density at radius 2 is 1.00 bits per heavy atom. The molecule has 0 N–H and O–H groups in total. The molecule has 6 heteroatoms. The van der Waals surface area contributed by atoms with Crippen molar-refractivity contribution in [2.24, 2.45) is 5.92 Å². The second-order valence-electron chi connectivity index (χ2n) is 4.84. The lowest BCUT2D eigenvalue weighted by molar-refractivity contribution is -0.265. The van der Waals surface area contributed by atoms with Crippen molar-refractivity contribution in [3.63, 3.8) is 0 Å². The van der Waals surface area contributed by atoms with Crippen molar-refractivity contribution in [1.29, 1.82) is 0 Å². The molecule has 6 nitrogen and oxygen atoms in total. The molecule has 0 saturated heterocycles. The first kappa shape index (κ1) is 23.3.